The van der Waals surface area contributed by atoms with Crippen molar-refractivity contribution in [2.45, 2.75) is 19.8 Å². The summed E-state index contributed by atoms with van der Waals surface area (Å²) >= 11 is 0. The highest BCUT2D eigenvalue weighted by atomic mass is 16.6. The van der Waals surface area contributed by atoms with Crippen molar-refractivity contribution < 1.29 is 19.1 Å². The largest absolute Gasteiger partial charge is 0.486 e. The molecule has 1 aromatic carbocycles. The number of carbonyl (C=O) groups is 2. The molecule has 2 rings (SSSR count). The summed E-state index contributed by atoms with van der Waals surface area (Å²) in [7, 11) is 0. The van der Waals surface area contributed by atoms with Crippen LogP contribution in [-0.4, -0.2) is 24.8 Å². The van der Waals surface area contributed by atoms with Gasteiger partial charge in [0.25, 0.3) is 0 Å². The molecule has 0 saturated carbocycles. The van der Waals surface area contributed by atoms with Crippen LogP contribution in [-0.2, 0) is 4.79 Å². The normalized spacial score (nSPS) is 13.9. The standard InChI is InChI=1S/C19H20O4/c1-3-5-6-14(4-2)16(20)8-9-17(21)15-7-10-18-19(13-15)23-12-11-22-18/h3-7,10,13H,2,8-9,11-12H2,1H3/b5-3-,14-6+. The molecule has 0 unspecified atom stereocenters. The maximum atomic E-state index is 12.3. The van der Waals surface area contributed by atoms with E-state index in [1.807, 2.05) is 13.0 Å². The number of ketones is 2. The fourth-order valence-electron chi connectivity index (χ4n) is 2.21. The van der Waals surface area contributed by atoms with Gasteiger partial charge in [0, 0.05) is 24.0 Å². The van der Waals surface area contributed by atoms with Crippen molar-refractivity contribution in [1.29, 1.82) is 0 Å². The van der Waals surface area contributed by atoms with Crippen LogP contribution in [0, 0.1) is 0 Å². The van der Waals surface area contributed by atoms with Crippen LogP contribution in [0.25, 0.3) is 0 Å². The molecule has 1 aliphatic heterocycles. The molecule has 0 saturated heterocycles. The minimum atomic E-state index is -0.0935. The number of rotatable bonds is 7. The van der Waals surface area contributed by atoms with Crippen molar-refractivity contribution in [2.75, 3.05) is 13.2 Å². The van der Waals surface area contributed by atoms with Gasteiger partial charge in [-0.15, -0.1) is 0 Å². The van der Waals surface area contributed by atoms with Crippen LogP contribution in [0.1, 0.15) is 30.1 Å². The second-order valence-electron chi connectivity index (χ2n) is 5.06. The van der Waals surface area contributed by atoms with Crippen molar-refractivity contribution in [1.82, 2.24) is 0 Å². The number of Topliss-reactive ketones (excluding diaryl/α,β-unsaturated/α-hetero) is 2. The van der Waals surface area contributed by atoms with Crippen LogP contribution in [0.3, 0.4) is 0 Å². The summed E-state index contributed by atoms with van der Waals surface area (Å²) in [5.41, 5.74) is 1.04. The number of ether oxygens (including phenoxy) is 2. The molecule has 1 aromatic rings. The first-order chi connectivity index (χ1) is 11.2. The Hall–Kier alpha value is -2.62. The lowest BCUT2D eigenvalue weighted by molar-refractivity contribution is -0.115. The van der Waals surface area contributed by atoms with Crippen molar-refractivity contribution in [3.63, 3.8) is 0 Å². The van der Waals surface area contributed by atoms with Gasteiger partial charge in [0.05, 0.1) is 0 Å². The fourth-order valence-corrected chi connectivity index (χ4v) is 2.21. The Morgan fingerprint density at radius 2 is 1.91 bits per heavy atom. The Morgan fingerprint density at radius 1 is 1.17 bits per heavy atom. The molecule has 0 aromatic heterocycles. The second-order valence-corrected chi connectivity index (χ2v) is 5.06. The molecule has 0 amide bonds. The van der Waals surface area contributed by atoms with E-state index in [1.165, 1.54) is 6.08 Å². The van der Waals surface area contributed by atoms with E-state index in [2.05, 4.69) is 6.58 Å². The summed E-state index contributed by atoms with van der Waals surface area (Å²) in [4.78, 5) is 24.3. The third-order valence-corrected chi connectivity index (χ3v) is 3.45. The van der Waals surface area contributed by atoms with Crippen LogP contribution in [0.4, 0.5) is 0 Å². The number of carbonyl (C=O) groups excluding carboxylic acids is 2. The number of hydrogen-bond acceptors (Lipinski definition) is 4. The van der Waals surface area contributed by atoms with Gasteiger partial charge in [-0.3, -0.25) is 9.59 Å². The van der Waals surface area contributed by atoms with E-state index in [1.54, 1.807) is 30.4 Å². The molecule has 0 aliphatic carbocycles. The van der Waals surface area contributed by atoms with Gasteiger partial charge in [-0.25, -0.2) is 0 Å². The fraction of sp³-hybridized carbons (Fsp3) is 0.263. The number of fused-ring (bicyclic) bond motifs is 1. The highest BCUT2D eigenvalue weighted by Crippen LogP contribution is 2.31. The van der Waals surface area contributed by atoms with E-state index < -0.39 is 0 Å². The zero-order valence-corrected chi connectivity index (χ0v) is 13.2. The Balaban J connectivity index is 1.99. The van der Waals surface area contributed by atoms with Gasteiger partial charge < -0.3 is 9.47 Å². The minimum absolute atomic E-state index is 0.0928. The van der Waals surface area contributed by atoms with Crippen molar-refractivity contribution in [3.05, 3.63) is 60.2 Å². The molecule has 0 spiro atoms. The van der Waals surface area contributed by atoms with Crippen molar-refractivity contribution in [3.8, 4) is 11.5 Å². The minimum Gasteiger partial charge on any atom is -0.486 e. The number of hydrogen-bond donors (Lipinski definition) is 0. The smallest absolute Gasteiger partial charge is 0.163 e. The highest BCUT2D eigenvalue weighted by Gasteiger charge is 2.16. The summed E-state index contributed by atoms with van der Waals surface area (Å²) < 4.78 is 10.9. The summed E-state index contributed by atoms with van der Waals surface area (Å²) in [5.74, 6) is 1.04. The van der Waals surface area contributed by atoms with Gasteiger partial charge in [0.15, 0.2) is 23.1 Å². The molecule has 1 heterocycles. The van der Waals surface area contributed by atoms with E-state index in [9.17, 15) is 9.59 Å². The monoisotopic (exact) mass is 312 g/mol. The second kappa shape index (κ2) is 8.13. The van der Waals surface area contributed by atoms with Crippen LogP contribution in [0.15, 0.2) is 54.7 Å². The highest BCUT2D eigenvalue weighted by molar-refractivity contribution is 6.03. The predicted octanol–water partition coefficient (Wildman–Crippen LogP) is 3.68. The Morgan fingerprint density at radius 3 is 2.61 bits per heavy atom. The summed E-state index contributed by atoms with van der Waals surface area (Å²) in [6, 6.07) is 5.10. The maximum absolute atomic E-state index is 12.3. The summed E-state index contributed by atoms with van der Waals surface area (Å²) in [5, 5.41) is 0. The summed E-state index contributed by atoms with van der Waals surface area (Å²) in [6.07, 6.45) is 7.12. The average Bonchev–Trinajstić information content (AvgIpc) is 2.59. The van der Waals surface area contributed by atoms with Crippen LogP contribution in [0.2, 0.25) is 0 Å². The third-order valence-electron chi connectivity index (χ3n) is 3.45. The maximum Gasteiger partial charge on any atom is 0.163 e. The third kappa shape index (κ3) is 4.42. The zero-order chi connectivity index (χ0) is 16.7. The molecule has 120 valence electrons. The lowest BCUT2D eigenvalue weighted by Crippen LogP contribution is -2.16. The first-order valence-corrected chi connectivity index (χ1v) is 7.57. The van der Waals surface area contributed by atoms with Gasteiger partial charge in [0.2, 0.25) is 0 Å². The topological polar surface area (TPSA) is 52.6 Å². The van der Waals surface area contributed by atoms with Gasteiger partial charge in [-0.2, -0.15) is 0 Å². The molecule has 23 heavy (non-hydrogen) atoms. The Kier molecular flexibility index (Phi) is 5.92. The molecule has 4 heteroatoms. The Bertz CT molecular complexity index is 668. The molecular formula is C19H20O4. The van der Waals surface area contributed by atoms with E-state index in [0.717, 1.165) is 0 Å². The van der Waals surface area contributed by atoms with E-state index in [0.29, 0.717) is 35.8 Å². The van der Waals surface area contributed by atoms with Crippen LogP contribution < -0.4 is 9.47 Å². The first kappa shape index (κ1) is 16.7. The van der Waals surface area contributed by atoms with Gasteiger partial charge in [-0.1, -0.05) is 30.9 Å². The van der Waals surface area contributed by atoms with Gasteiger partial charge >= 0.3 is 0 Å². The van der Waals surface area contributed by atoms with Crippen molar-refractivity contribution in [2.24, 2.45) is 0 Å². The van der Waals surface area contributed by atoms with E-state index in [4.69, 9.17) is 9.47 Å². The van der Waals surface area contributed by atoms with Gasteiger partial charge in [0.1, 0.15) is 13.2 Å². The van der Waals surface area contributed by atoms with Gasteiger partial charge in [-0.05, 0) is 25.1 Å². The summed E-state index contributed by atoms with van der Waals surface area (Å²) in [6.45, 7) is 6.48. The molecule has 0 N–H and O–H groups in total. The SMILES string of the molecule is C=C/C(=C\C=C/C)C(=O)CCC(=O)c1ccc2c(c1)OCCO2. The molecule has 4 nitrogen and oxygen atoms in total. The molecular weight excluding hydrogens is 292 g/mol. The molecule has 0 bridgehead atoms. The van der Waals surface area contributed by atoms with E-state index in [-0.39, 0.29) is 24.4 Å². The molecule has 0 fully saturated rings. The predicted molar refractivity (Wildman–Crippen MR) is 89.1 cm³/mol. The number of benzene rings is 1. The zero-order valence-electron chi connectivity index (χ0n) is 13.2. The van der Waals surface area contributed by atoms with Crippen LogP contribution in [0.5, 0.6) is 11.5 Å². The first-order valence-electron chi connectivity index (χ1n) is 7.57. The lowest BCUT2D eigenvalue weighted by Gasteiger charge is -2.18. The van der Waals surface area contributed by atoms with Crippen molar-refractivity contribution >= 4 is 11.6 Å². The number of allylic oxidation sites excluding steroid dienone is 5. The molecule has 0 radical (unpaired) electrons. The van der Waals surface area contributed by atoms with E-state index >= 15 is 0 Å². The quantitative estimate of drug-likeness (QED) is 0.438. The van der Waals surface area contributed by atoms with Crippen LogP contribution >= 0.6 is 0 Å². The lowest BCUT2D eigenvalue weighted by atomic mass is 10.0. The average molecular weight is 312 g/mol. The molecule has 1 aliphatic rings. The Labute approximate surface area is 136 Å². The molecule has 0 atom stereocenters.